The van der Waals surface area contributed by atoms with E-state index < -0.39 is 46.7 Å². The summed E-state index contributed by atoms with van der Waals surface area (Å²) in [7, 11) is 2.36. The number of ketones is 2. The lowest BCUT2D eigenvalue weighted by Crippen LogP contribution is -2.25. The van der Waals surface area contributed by atoms with Gasteiger partial charge in [0.1, 0.15) is 11.3 Å². The minimum Gasteiger partial charge on any atom is -0.508 e. The van der Waals surface area contributed by atoms with Gasteiger partial charge in [-0.2, -0.15) is 5.26 Å². The van der Waals surface area contributed by atoms with Gasteiger partial charge in [-0.25, -0.2) is 4.79 Å². The number of carboxylic acid groups (broad SMARTS) is 1. The number of methoxy groups -OCH3 is 2. The molecule has 3 amide bonds. The second-order valence-electron chi connectivity index (χ2n) is 14.1. The number of carbonyl (C=O) groups is 6. The summed E-state index contributed by atoms with van der Waals surface area (Å²) < 4.78 is 10.4. The molecule has 16 nitrogen and oxygen atoms in total. The number of allylic oxidation sites excluding steroid dienone is 2. The Kier molecular flexibility index (Phi) is 14.6. The minimum absolute atomic E-state index is 0.00795. The van der Waals surface area contributed by atoms with Gasteiger partial charge in [-0.1, -0.05) is 36.4 Å². The number of nitrogens with zero attached hydrogens (tertiary/aromatic N) is 1. The number of carbonyl (C=O) groups excluding carboxylic acids is 5. The third kappa shape index (κ3) is 10.8. The van der Waals surface area contributed by atoms with E-state index in [-0.39, 0.29) is 76.3 Å². The van der Waals surface area contributed by atoms with Crippen LogP contribution in [0.15, 0.2) is 103 Å². The summed E-state index contributed by atoms with van der Waals surface area (Å²) in [6, 6.07) is 25.4. The quantitative estimate of drug-likeness (QED) is 0.0356. The molecular formula is C47H42N4O12. The Morgan fingerprint density at radius 2 is 1.17 bits per heavy atom. The number of amides is 3. The number of nitrogens with one attached hydrogen (secondary N) is 3. The highest BCUT2D eigenvalue weighted by Crippen LogP contribution is 2.40. The molecule has 7 N–H and O–H groups in total. The number of phenolic OH excluding ortho intramolecular Hbond substituents is 2. The molecule has 1 atom stereocenters. The van der Waals surface area contributed by atoms with E-state index in [1.807, 2.05) is 13.0 Å². The molecule has 0 fully saturated rings. The van der Waals surface area contributed by atoms with Crippen molar-refractivity contribution in [1.82, 2.24) is 0 Å². The van der Waals surface area contributed by atoms with Crippen LogP contribution in [0.5, 0.6) is 28.7 Å². The van der Waals surface area contributed by atoms with Gasteiger partial charge in [0.15, 0.2) is 34.6 Å². The van der Waals surface area contributed by atoms with Crippen molar-refractivity contribution in [2.45, 2.75) is 33.1 Å². The molecule has 0 saturated carbocycles. The molecule has 0 bridgehead atoms. The molecule has 16 heteroatoms. The maximum atomic E-state index is 13.3. The number of Topliss-reactive ketones (excluding diaryl/α,β-unsaturated/α-hetero) is 2. The molecule has 0 aliphatic heterocycles. The number of aromatic hydroxyl groups is 3. The predicted molar refractivity (Wildman–Crippen MR) is 231 cm³/mol. The number of ether oxygens (including phenoxy) is 2. The van der Waals surface area contributed by atoms with E-state index in [1.54, 1.807) is 55.5 Å². The Morgan fingerprint density at radius 3 is 1.73 bits per heavy atom. The van der Waals surface area contributed by atoms with Crippen molar-refractivity contribution in [3.63, 3.8) is 0 Å². The Morgan fingerprint density at radius 1 is 0.651 bits per heavy atom. The fraction of sp³-hybridized carbons (Fsp3) is 0.170. The lowest BCUT2D eigenvalue weighted by molar-refractivity contribution is -0.119. The van der Waals surface area contributed by atoms with Crippen molar-refractivity contribution in [2.75, 3.05) is 30.2 Å². The molecule has 0 spiro atoms. The van der Waals surface area contributed by atoms with Crippen molar-refractivity contribution >= 4 is 57.9 Å². The first-order valence-electron chi connectivity index (χ1n) is 19.1. The van der Waals surface area contributed by atoms with E-state index in [0.29, 0.717) is 16.7 Å². The van der Waals surface area contributed by atoms with Gasteiger partial charge in [-0.3, -0.25) is 24.0 Å². The Hall–Kier alpha value is -8.45. The summed E-state index contributed by atoms with van der Waals surface area (Å²) in [5, 5.41) is 57.2. The van der Waals surface area contributed by atoms with E-state index in [4.69, 9.17) is 9.47 Å². The highest BCUT2D eigenvalue weighted by atomic mass is 16.5. The summed E-state index contributed by atoms with van der Waals surface area (Å²) in [6.07, 6.45) is -0.413. The molecule has 5 rings (SSSR count). The maximum absolute atomic E-state index is 13.3. The lowest BCUT2D eigenvalue weighted by Gasteiger charge is -2.16. The number of nitriles is 1. The molecule has 0 unspecified atom stereocenters. The summed E-state index contributed by atoms with van der Waals surface area (Å²) in [6.45, 7) is 3.56. The molecule has 0 aliphatic rings. The zero-order chi connectivity index (χ0) is 46.0. The Bertz CT molecular complexity index is 2670. The van der Waals surface area contributed by atoms with Gasteiger partial charge < -0.3 is 45.9 Å². The van der Waals surface area contributed by atoms with Crippen LogP contribution in [0.4, 0.5) is 17.1 Å². The third-order valence-corrected chi connectivity index (χ3v) is 10.1. The fourth-order valence-corrected chi connectivity index (χ4v) is 6.41. The van der Waals surface area contributed by atoms with Crippen molar-refractivity contribution in [1.29, 1.82) is 5.26 Å². The lowest BCUT2D eigenvalue weighted by atomic mass is 9.93. The summed E-state index contributed by atoms with van der Waals surface area (Å²) >= 11 is 0. The largest absolute Gasteiger partial charge is 0.508 e. The molecule has 5 aromatic carbocycles. The predicted octanol–water partition coefficient (Wildman–Crippen LogP) is 7.37. The number of rotatable bonds is 17. The summed E-state index contributed by atoms with van der Waals surface area (Å²) in [5.74, 6) is -6.86. The number of hydrogen-bond donors (Lipinski definition) is 7. The zero-order valence-electron chi connectivity index (χ0n) is 34.4. The summed E-state index contributed by atoms with van der Waals surface area (Å²) in [5.41, 5.74) is 2.69. The molecule has 0 aliphatic carbocycles. The monoisotopic (exact) mass is 854 g/mol. The van der Waals surface area contributed by atoms with Crippen LogP contribution in [0.25, 0.3) is 5.57 Å². The fourth-order valence-electron chi connectivity index (χ4n) is 6.41. The van der Waals surface area contributed by atoms with Gasteiger partial charge in [0.05, 0.1) is 43.1 Å². The number of carboxylic acids is 1. The minimum atomic E-state index is -1.42. The average molecular weight is 855 g/mol. The zero-order valence-corrected chi connectivity index (χ0v) is 34.4. The van der Waals surface area contributed by atoms with Crippen molar-refractivity contribution < 1.29 is 58.7 Å². The van der Waals surface area contributed by atoms with Crippen LogP contribution in [0.3, 0.4) is 0 Å². The number of phenols is 3. The summed E-state index contributed by atoms with van der Waals surface area (Å²) in [4.78, 5) is 77.2. The highest BCUT2D eigenvalue weighted by molar-refractivity contribution is 6.10. The molecule has 0 aromatic heterocycles. The van der Waals surface area contributed by atoms with Crippen LogP contribution >= 0.6 is 0 Å². The van der Waals surface area contributed by atoms with E-state index >= 15 is 0 Å². The molecule has 63 heavy (non-hydrogen) atoms. The van der Waals surface area contributed by atoms with Crippen LogP contribution < -0.4 is 25.4 Å². The third-order valence-electron chi connectivity index (χ3n) is 10.1. The van der Waals surface area contributed by atoms with Crippen molar-refractivity contribution in [3.8, 4) is 34.8 Å². The van der Waals surface area contributed by atoms with E-state index in [0.717, 1.165) is 24.3 Å². The van der Waals surface area contributed by atoms with Gasteiger partial charge >= 0.3 is 5.97 Å². The maximum Gasteiger partial charge on any atom is 0.339 e. The smallest absolute Gasteiger partial charge is 0.339 e. The van der Waals surface area contributed by atoms with Crippen molar-refractivity contribution in [3.05, 3.63) is 136 Å². The SMILES string of the molecule is COc1c(NC(=O)c2ccc(NC(=O)c3ccc(NC(=O)[C@H](CC#N)CC(=O)c4ccc(CC(=O)/C(C)=C(\C)c5ccc(O)cc5)cc4)cc3)c(OC)c2O)ccc(C(=O)O)c1O. The van der Waals surface area contributed by atoms with Crippen LogP contribution in [0.1, 0.15) is 79.2 Å². The van der Waals surface area contributed by atoms with Crippen molar-refractivity contribution in [2.24, 2.45) is 5.92 Å². The molecule has 5 aromatic rings. The second kappa shape index (κ2) is 20.2. The Balaban J connectivity index is 1.19. The number of hydrogen-bond acceptors (Lipinski definition) is 12. The standard InChI is InChI=1S/C47H42N4O12/c1-25(28-11-15-33(52)16-12-28)26(2)38(53)23-27-5-7-29(8-6-27)39(54)24-31(21-22-48)45(58)49-32-13-9-30(10-14-32)44(57)50-36-19-17-34(40(55)42(36)62-3)46(59)51-37-20-18-35(47(60)61)41(56)43(37)63-4/h5-20,31,52,55-56H,21,23-24H2,1-4H3,(H,49,58)(H,50,57)(H,51,59)(H,60,61)/b26-25+/t31-/m1/s1. The van der Waals surface area contributed by atoms with Gasteiger partial charge in [0.25, 0.3) is 11.8 Å². The normalized spacial score (nSPS) is 11.5. The molecule has 0 heterocycles. The Labute approximate surface area is 361 Å². The first kappa shape index (κ1) is 45.6. The topological polar surface area (TPSA) is 262 Å². The molecule has 0 radical (unpaired) electrons. The second-order valence-corrected chi connectivity index (χ2v) is 14.1. The number of benzene rings is 5. The van der Waals surface area contributed by atoms with Gasteiger partial charge in [-0.15, -0.1) is 0 Å². The van der Waals surface area contributed by atoms with Crippen LogP contribution in [-0.2, 0) is 16.0 Å². The highest BCUT2D eigenvalue weighted by Gasteiger charge is 2.25. The van der Waals surface area contributed by atoms with E-state index in [2.05, 4.69) is 16.0 Å². The van der Waals surface area contributed by atoms with Gasteiger partial charge in [0.2, 0.25) is 5.91 Å². The first-order chi connectivity index (χ1) is 30.1. The number of anilines is 3. The van der Waals surface area contributed by atoms with Gasteiger partial charge in [0, 0.05) is 36.1 Å². The van der Waals surface area contributed by atoms with Crippen LogP contribution in [-0.4, -0.2) is 69.9 Å². The number of aromatic carboxylic acids is 1. The van der Waals surface area contributed by atoms with Crippen LogP contribution in [0.2, 0.25) is 0 Å². The molecule has 322 valence electrons. The first-order valence-corrected chi connectivity index (χ1v) is 19.1. The van der Waals surface area contributed by atoms with Crippen LogP contribution in [0, 0.1) is 17.2 Å². The molecular weight excluding hydrogens is 813 g/mol. The average Bonchev–Trinajstić information content (AvgIpc) is 3.26. The van der Waals surface area contributed by atoms with E-state index in [9.17, 15) is 54.5 Å². The van der Waals surface area contributed by atoms with E-state index in [1.165, 1.54) is 49.6 Å². The molecule has 0 saturated heterocycles. The van der Waals surface area contributed by atoms with Gasteiger partial charge in [-0.05, 0) is 96.8 Å².